The van der Waals surface area contributed by atoms with Gasteiger partial charge in [0.1, 0.15) is 9.88 Å². The van der Waals surface area contributed by atoms with Crippen molar-refractivity contribution in [1.29, 1.82) is 0 Å². The first-order valence-electron chi connectivity index (χ1n) is 7.80. The van der Waals surface area contributed by atoms with Crippen LogP contribution in [0.15, 0.2) is 24.5 Å². The fraction of sp³-hybridized carbons (Fsp3) is 0.438. The molecule has 3 saturated heterocycles. The van der Waals surface area contributed by atoms with E-state index in [1.807, 2.05) is 0 Å². The van der Waals surface area contributed by atoms with Crippen molar-refractivity contribution in [2.75, 3.05) is 19.6 Å². The summed E-state index contributed by atoms with van der Waals surface area (Å²) < 4.78 is 13.2. The lowest BCUT2D eigenvalue weighted by molar-refractivity contribution is 0.0622. The van der Waals surface area contributed by atoms with Crippen molar-refractivity contribution < 1.29 is 9.18 Å². The highest BCUT2D eigenvalue weighted by Crippen LogP contribution is 2.29. The molecule has 5 nitrogen and oxygen atoms in total. The lowest BCUT2D eigenvalue weighted by atomic mass is 9.84. The van der Waals surface area contributed by atoms with E-state index in [2.05, 4.69) is 20.2 Å². The lowest BCUT2D eigenvalue weighted by Crippen LogP contribution is -2.57. The third kappa shape index (κ3) is 2.98. The minimum Gasteiger partial charge on any atom is -0.347 e. The van der Waals surface area contributed by atoms with Gasteiger partial charge in [-0.2, -0.15) is 4.39 Å². The molecule has 2 aromatic heterocycles. The van der Waals surface area contributed by atoms with Gasteiger partial charge in [-0.05, 0) is 37.9 Å². The first-order chi connectivity index (χ1) is 11.2. The number of hydrogen-bond acceptors (Lipinski definition) is 5. The summed E-state index contributed by atoms with van der Waals surface area (Å²) in [5, 5.41) is 3.78. The molecule has 1 amide bonds. The third-order valence-electron chi connectivity index (χ3n) is 4.68. The molecule has 2 aromatic rings. The second-order valence-corrected chi connectivity index (χ2v) is 7.15. The number of nitrogens with zero attached hydrogens (tertiary/aromatic N) is 3. The van der Waals surface area contributed by atoms with E-state index < -0.39 is 5.95 Å². The van der Waals surface area contributed by atoms with Crippen molar-refractivity contribution >= 4 is 17.2 Å². The summed E-state index contributed by atoms with van der Waals surface area (Å²) in [6.45, 7) is 3.24. The Morgan fingerprint density at radius 3 is 2.87 bits per heavy atom. The second-order valence-electron chi connectivity index (χ2n) is 6.11. The van der Waals surface area contributed by atoms with Gasteiger partial charge in [-0.15, -0.1) is 11.3 Å². The van der Waals surface area contributed by atoms with Crippen LogP contribution in [0.3, 0.4) is 0 Å². The number of pyridine rings is 1. The molecule has 1 unspecified atom stereocenters. The van der Waals surface area contributed by atoms with Crippen LogP contribution in [0.2, 0.25) is 0 Å². The molecule has 23 heavy (non-hydrogen) atoms. The van der Waals surface area contributed by atoms with Crippen LogP contribution in [0.25, 0.3) is 10.6 Å². The van der Waals surface area contributed by atoms with Gasteiger partial charge in [-0.25, -0.2) is 9.97 Å². The summed E-state index contributed by atoms with van der Waals surface area (Å²) in [5.41, 5.74) is 0.643. The standard InChI is InChI=1S/C16H17FN4OS/c17-14-7-11(1-4-18-14)16-19-8-13(23-16)15(22)20-12-9-21-5-2-10(12)3-6-21/h1,4,7-8,10,12H,2-3,5-6,9H2,(H,20,22). The first kappa shape index (κ1) is 14.7. The zero-order valence-electron chi connectivity index (χ0n) is 12.5. The summed E-state index contributed by atoms with van der Waals surface area (Å²) in [5.74, 6) is -0.0383. The van der Waals surface area contributed by atoms with Crippen LogP contribution in [0.5, 0.6) is 0 Å². The van der Waals surface area contributed by atoms with Gasteiger partial charge in [0.2, 0.25) is 5.95 Å². The van der Waals surface area contributed by atoms with E-state index in [0.29, 0.717) is 21.4 Å². The Morgan fingerprint density at radius 1 is 1.35 bits per heavy atom. The highest BCUT2D eigenvalue weighted by atomic mass is 32.1. The lowest BCUT2D eigenvalue weighted by Gasteiger charge is -2.44. The number of piperidine rings is 3. The summed E-state index contributed by atoms with van der Waals surface area (Å²) in [6.07, 6.45) is 5.29. The maximum absolute atomic E-state index is 13.2. The van der Waals surface area contributed by atoms with Gasteiger partial charge >= 0.3 is 0 Å². The minimum absolute atomic E-state index is 0.0815. The predicted molar refractivity (Wildman–Crippen MR) is 85.7 cm³/mol. The highest BCUT2D eigenvalue weighted by Gasteiger charge is 2.35. The molecule has 0 saturated carbocycles. The second kappa shape index (κ2) is 5.98. The Kier molecular flexibility index (Phi) is 3.82. The molecule has 7 heteroatoms. The number of halogens is 1. The number of fused-ring (bicyclic) bond motifs is 3. The molecule has 3 aliphatic heterocycles. The molecular weight excluding hydrogens is 315 g/mol. The van der Waals surface area contributed by atoms with Crippen molar-refractivity contribution in [1.82, 2.24) is 20.2 Å². The van der Waals surface area contributed by atoms with Crippen LogP contribution in [0.1, 0.15) is 22.5 Å². The number of amides is 1. The van der Waals surface area contributed by atoms with Gasteiger partial charge in [0.05, 0.1) is 6.20 Å². The Morgan fingerprint density at radius 2 is 2.17 bits per heavy atom. The van der Waals surface area contributed by atoms with Crippen LogP contribution in [0, 0.1) is 11.9 Å². The Hall–Kier alpha value is -1.86. The number of carbonyl (C=O) groups is 1. The maximum Gasteiger partial charge on any atom is 0.263 e. The smallest absolute Gasteiger partial charge is 0.263 e. The van der Waals surface area contributed by atoms with E-state index in [1.54, 1.807) is 12.3 Å². The van der Waals surface area contributed by atoms with E-state index in [0.717, 1.165) is 32.5 Å². The van der Waals surface area contributed by atoms with Crippen molar-refractivity contribution in [3.63, 3.8) is 0 Å². The number of thiazole rings is 1. The summed E-state index contributed by atoms with van der Waals surface area (Å²) in [4.78, 5) is 23.2. The molecule has 0 radical (unpaired) electrons. The molecule has 2 bridgehead atoms. The monoisotopic (exact) mass is 332 g/mol. The number of rotatable bonds is 3. The van der Waals surface area contributed by atoms with Crippen LogP contribution >= 0.6 is 11.3 Å². The number of nitrogens with one attached hydrogen (secondary N) is 1. The molecule has 1 N–H and O–H groups in total. The summed E-state index contributed by atoms with van der Waals surface area (Å²) in [6, 6.07) is 3.25. The molecule has 5 rings (SSSR count). The van der Waals surface area contributed by atoms with E-state index in [1.165, 1.54) is 23.6 Å². The van der Waals surface area contributed by atoms with Gasteiger partial charge in [0.25, 0.3) is 5.91 Å². The van der Waals surface area contributed by atoms with E-state index in [4.69, 9.17) is 0 Å². The van der Waals surface area contributed by atoms with Crippen LogP contribution < -0.4 is 5.32 Å². The van der Waals surface area contributed by atoms with E-state index in [-0.39, 0.29) is 11.9 Å². The normalized spacial score (nSPS) is 26.2. The molecule has 0 aliphatic carbocycles. The highest BCUT2D eigenvalue weighted by molar-refractivity contribution is 7.16. The molecule has 120 valence electrons. The number of hydrogen-bond donors (Lipinski definition) is 1. The van der Waals surface area contributed by atoms with Gasteiger partial charge < -0.3 is 10.2 Å². The third-order valence-corrected chi connectivity index (χ3v) is 5.72. The molecule has 5 heterocycles. The average Bonchev–Trinajstić information content (AvgIpc) is 3.06. The zero-order chi connectivity index (χ0) is 15.8. The molecule has 0 aromatic carbocycles. The fourth-order valence-corrected chi connectivity index (χ4v) is 4.23. The van der Waals surface area contributed by atoms with Crippen LogP contribution in [-0.4, -0.2) is 46.5 Å². The Balaban J connectivity index is 1.47. The van der Waals surface area contributed by atoms with Crippen molar-refractivity contribution in [3.8, 4) is 10.6 Å². The van der Waals surface area contributed by atoms with Gasteiger partial charge in [0.15, 0.2) is 0 Å². The molecular formula is C16H17FN4OS. The van der Waals surface area contributed by atoms with Crippen molar-refractivity contribution in [2.24, 2.45) is 5.92 Å². The summed E-state index contributed by atoms with van der Waals surface area (Å²) in [7, 11) is 0. The average molecular weight is 332 g/mol. The molecule has 0 spiro atoms. The van der Waals surface area contributed by atoms with Crippen LogP contribution in [-0.2, 0) is 0 Å². The zero-order valence-corrected chi connectivity index (χ0v) is 13.4. The minimum atomic E-state index is -0.545. The van der Waals surface area contributed by atoms with Gasteiger partial charge in [0, 0.05) is 30.4 Å². The topological polar surface area (TPSA) is 58.1 Å². The number of carbonyl (C=O) groups excluding carboxylic acids is 1. The first-order valence-corrected chi connectivity index (χ1v) is 8.61. The largest absolute Gasteiger partial charge is 0.347 e. The Bertz CT molecular complexity index is 726. The maximum atomic E-state index is 13.2. The number of aromatic nitrogens is 2. The van der Waals surface area contributed by atoms with Crippen LogP contribution in [0.4, 0.5) is 4.39 Å². The predicted octanol–water partition coefficient (Wildman–Crippen LogP) is 2.17. The van der Waals surface area contributed by atoms with Gasteiger partial charge in [-0.1, -0.05) is 0 Å². The van der Waals surface area contributed by atoms with Gasteiger partial charge in [-0.3, -0.25) is 4.79 Å². The van der Waals surface area contributed by atoms with E-state index in [9.17, 15) is 9.18 Å². The van der Waals surface area contributed by atoms with E-state index >= 15 is 0 Å². The molecule has 3 aliphatic rings. The van der Waals surface area contributed by atoms with Crippen molar-refractivity contribution in [2.45, 2.75) is 18.9 Å². The van der Waals surface area contributed by atoms with Crippen molar-refractivity contribution in [3.05, 3.63) is 35.4 Å². The fourth-order valence-electron chi connectivity index (χ4n) is 3.42. The molecule has 1 atom stereocenters. The SMILES string of the molecule is O=C(NC1CN2CCC1CC2)c1cnc(-c2ccnc(F)c2)s1. The Labute approximate surface area is 137 Å². The quantitative estimate of drug-likeness (QED) is 0.875. The summed E-state index contributed by atoms with van der Waals surface area (Å²) >= 11 is 1.28. The molecule has 3 fully saturated rings.